The molecule has 4 nitrogen and oxygen atoms in total. The van der Waals surface area contributed by atoms with E-state index in [1.165, 1.54) is 16.7 Å². The molecule has 0 spiro atoms. The van der Waals surface area contributed by atoms with E-state index in [1.807, 2.05) is 0 Å². The van der Waals surface area contributed by atoms with Crippen LogP contribution in [0.2, 0.25) is 0 Å². The molecule has 0 fully saturated rings. The van der Waals surface area contributed by atoms with Crippen molar-refractivity contribution in [3.05, 3.63) is 107 Å². The van der Waals surface area contributed by atoms with Crippen LogP contribution in [0.3, 0.4) is 0 Å². The fourth-order valence-corrected chi connectivity index (χ4v) is 4.14. The van der Waals surface area contributed by atoms with Gasteiger partial charge in [-0.25, -0.2) is 0 Å². The van der Waals surface area contributed by atoms with E-state index < -0.39 is 0 Å². The molecule has 0 amide bonds. The Hall–Kier alpha value is -3.14. The smallest absolute Gasteiger partial charge is 0.135 e. The maximum atomic E-state index is 4.47. The van der Waals surface area contributed by atoms with Crippen molar-refractivity contribution in [1.82, 2.24) is 20.0 Å². The van der Waals surface area contributed by atoms with Crippen LogP contribution < -0.4 is 5.32 Å². The molecule has 0 aromatic heterocycles. The SMILES string of the molecule is C=C1C2=C(NC(c3ccc(C)cc3)N2Cc2ccccc2)N(C)C(=C)N1CCC. The number of hydrogen-bond donors (Lipinski definition) is 1. The fraction of sp³-hybridized carbons (Fsp3) is 0.280. The van der Waals surface area contributed by atoms with Crippen molar-refractivity contribution in [2.24, 2.45) is 0 Å². The second-order valence-corrected chi connectivity index (χ2v) is 7.84. The Morgan fingerprint density at radius 1 is 1.00 bits per heavy atom. The molecule has 2 aliphatic rings. The van der Waals surface area contributed by atoms with Crippen molar-refractivity contribution in [2.75, 3.05) is 13.6 Å². The number of hydrogen-bond acceptors (Lipinski definition) is 4. The normalized spacial score (nSPS) is 19.0. The van der Waals surface area contributed by atoms with Gasteiger partial charge < -0.3 is 20.0 Å². The van der Waals surface area contributed by atoms with E-state index in [0.717, 1.165) is 42.5 Å². The van der Waals surface area contributed by atoms with Crippen molar-refractivity contribution in [1.29, 1.82) is 0 Å². The van der Waals surface area contributed by atoms with Gasteiger partial charge in [0, 0.05) is 20.1 Å². The molecule has 1 unspecified atom stereocenters. The van der Waals surface area contributed by atoms with E-state index in [0.29, 0.717) is 0 Å². The predicted octanol–water partition coefficient (Wildman–Crippen LogP) is 4.91. The third kappa shape index (κ3) is 3.39. The highest BCUT2D eigenvalue weighted by atomic mass is 15.5. The van der Waals surface area contributed by atoms with Crippen LogP contribution >= 0.6 is 0 Å². The van der Waals surface area contributed by atoms with Gasteiger partial charge in [-0.15, -0.1) is 0 Å². The second-order valence-electron chi connectivity index (χ2n) is 7.84. The van der Waals surface area contributed by atoms with Crippen LogP contribution in [0.4, 0.5) is 0 Å². The summed E-state index contributed by atoms with van der Waals surface area (Å²) in [6.45, 7) is 14.8. The maximum Gasteiger partial charge on any atom is 0.135 e. The van der Waals surface area contributed by atoms with Gasteiger partial charge in [0.1, 0.15) is 23.5 Å². The van der Waals surface area contributed by atoms with Crippen LogP contribution in [-0.2, 0) is 6.54 Å². The molecule has 150 valence electrons. The van der Waals surface area contributed by atoms with Crippen molar-refractivity contribution >= 4 is 0 Å². The summed E-state index contributed by atoms with van der Waals surface area (Å²) in [5.41, 5.74) is 5.96. The van der Waals surface area contributed by atoms with E-state index in [2.05, 4.69) is 109 Å². The lowest BCUT2D eigenvalue weighted by Crippen LogP contribution is -2.40. The molecule has 1 atom stereocenters. The molecule has 4 heteroatoms. The molecule has 2 heterocycles. The van der Waals surface area contributed by atoms with Crippen molar-refractivity contribution in [3.63, 3.8) is 0 Å². The predicted molar refractivity (Wildman–Crippen MR) is 119 cm³/mol. The number of nitrogens with one attached hydrogen (secondary N) is 1. The summed E-state index contributed by atoms with van der Waals surface area (Å²) in [7, 11) is 2.08. The molecule has 0 radical (unpaired) electrons. The quantitative estimate of drug-likeness (QED) is 0.788. The Bertz CT molecular complexity index is 943. The molecule has 0 saturated heterocycles. The molecule has 1 N–H and O–H groups in total. The van der Waals surface area contributed by atoms with Gasteiger partial charge in [-0.1, -0.05) is 80.2 Å². The van der Waals surface area contributed by atoms with Crippen LogP contribution in [0.5, 0.6) is 0 Å². The van der Waals surface area contributed by atoms with E-state index in [-0.39, 0.29) is 6.17 Å². The average Bonchev–Trinajstić information content (AvgIpc) is 3.10. The Morgan fingerprint density at radius 3 is 2.34 bits per heavy atom. The molecule has 4 rings (SSSR count). The first kappa shape index (κ1) is 19.2. The topological polar surface area (TPSA) is 21.8 Å². The minimum atomic E-state index is 0.0504. The molecule has 2 aromatic rings. The summed E-state index contributed by atoms with van der Waals surface area (Å²) in [4.78, 5) is 6.82. The first-order valence-electron chi connectivity index (χ1n) is 10.3. The second kappa shape index (κ2) is 7.70. The van der Waals surface area contributed by atoms with E-state index in [4.69, 9.17) is 0 Å². The maximum absolute atomic E-state index is 4.47. The Balaban J connectivity index is 1.77. The first-order valence-corrected chi connectivity index (χ1v) is 10.3. The molecule has 0 saturated carbocycles. The number of aryl methyl sites for hydroxylation is 1. The molecule has 0 bridgehead atoms. The third-order valence-electron chi connectivity index (χ3n) is 5.77. The van der Waals surface area contributed by atoms with E-state index in [1.54, 1.807) is 0 Å². The van der Waals surface area contributed by atoms with Gasteiger partial charge in [0.05, 0.1) is 5.70 Å². The zero-order valence-corrected chi connectivity index (χ0v) is 17.7. The minimum absolute atomic E-state index is 0.0504. The van der Waals surface area contributed by atoms with Crippen molar-refractivity contribution in [2.45, 2.75) is 33.0 Å². The van der Waals surface area contributed by atoms with Crippen LogP contribution in [0, 0.1) is 6.92 Å². The molecule has 2 aliphatic heterocycles. The molecular formula is C25H30N4. The highest BCUT2D eigenvalue weighted by molar-refractivity contribution is 5.43. The molecule has 2 aromatic carbocycles. The monoisotopic (exact) mass is 386 g/mol. The first-order chi connectivity index (χ1) is 14.0. The van der Waals surface area contributed by atoms with Crippen LogP contribution in [0.1, 0.15) is 36.2 Å². The van der Waals surface area contributed by atoms with Gasteiger partial charge in [0.15, 0.2) is 0 Å². The standard InChI is InChI=1S/C25H30N4/c1-6-16-28-19(3)23-25(27(5)20(28)4)26-24(22-14-12-18(2)13-15-22)29(23)17-21-10-8-7-9-11-21/h7-15,24,26H,3-4,6,16-17H2,1-2,5H3. The summed E-state index contributed by atoms with van der Waals surface area (Å²) in [5, 5.41) is 3.76. The summed E-state index contributed by atoms with van der Waals surface area (Å²) in [6.07, 6.45) is 1.09. The zero-order valence-electron chi connectivity index (χ0n) is 17.7. The van der Waals surface area contributed by atoms with Crippen molar-refractivity contribution in [3.8, 4) is 0 Å². The van der Waals surface area contributed by atoms with Gasteiger partial charge in [-0.3, -0.25) is 0 Å². The summed E-state index contributed by atoms with van der Waals surface area (Å²) >= 11 is 0. The van der Waals surface area contributed by atoms with Gasteiger partial charge in [-0.05, 0) is 24.5 Å². The average molecular weight is 387 g/mol. The largest absolute Gasteiger partial charge is 0.346 e. The summed E-state index contributed by atoms with van der Waals surface area (Å²) < 4.78 is 0. The van der Waals surface area contributed by atoms with Crippen LogP contribution in [0.15, 0.2) is 90.8 Å². The van der Waals surface area contributed by atoms with Crippen LogP contribution in [-0.4, -0.2) is 28.3 Å². The summed E-state index contributed by atoms with van der Waals surface area (Å²) in [6, 6.07) is 19.4. The van der Waals surface area contributed by atoms with Crippen molar-refractivity contribution < 1.29 is 0 Å². The van der Waals surface area contributed by atoms with E-state index >= 15 is 0 Å². The van der Waals surface area contributed by atoms with Gasteiger partial charge >= 0.3 is 0 Å². The lowest BCUT2D eigenvalue weighted by atomic mass is 10.1. The third-order valence-corrected chi connectivity index (χ3v) is 5.77. The van der Waals surface area contributed by atoms with Gasteiger partial charge in [-0.2, -0.15) is 0 Å². The lowest BCUT2D eigenvalue weighted by Gasteiger charge is -2.40. The van der Waals surface area contributed by atoms with Gasteiger partial charge in [0.25, 0.3) is 0 Å². The Kier molecular flexibility index (Phi) is 5.10. The number of benzene rings is 2. The molecule has 29 heavy (non-hydrogen) atoms. The summed E-state index contributed by atoms with van der Waals surface area (Å²) in [5.74, 6) is 2.04. The highest BCUT2D eigenvalue weighted by Gasteiger charge is 2.41. The number of rotatable bonds is 5. The Morgan fingerprint density at radius 2 is 1.69 bits per heavy atom. The Labute approximate surface area is 174 Å². The van der Waals surface area contributed by atoms with Gasteiger partial charge in [0.2, 0.25) is 0 Å². The molecule has 0 aliphatic carbocycles. The van der Waals surface area contributed by atoms with Crippen LogP contribution in [0.25, 0.3) is 0 Å². The van der Waals surface area contributed by atoms with E-state index in [9.17, 15) is 0 Å². The fourth-order valence-electron chi connectivity index (χ4n) is 4.14. The molecular weight excluding hydrogens is 356 g/mol. The number of nitrogens with zero attached hydrogens (tertiary/aromatic N) is 3. The zero-order chi connectivity index (χ0) is 20.5. The minimum Gasteiger partial charge on any atom is -0.346 e. The lowest BCUT2D eigenvalue weighted by molar-refractivity contribution is 0.244. The highest BCUT2D eigenvalue weighted by Crippen LogP contribution is 2.42.